The summed E-state index contributed by atoms with van der Waals surface area (Å²) in [6, 6.07) is -1.79. The van der Waals surface area contributed by atoms with Gasteiger partial charge in [-0.3, -0.25) is 0 Å². The van der Waals surface area contributed by atoms with Gasteiger partial charge in [0.15, 0.2) is 6.04 Å². The van der Waals surface area contributed by atoms with E-state index in [9.17, 15) is 9.59 Å². The molecule has 0 aromatic heterocycles. The Morgan fingerprint density at radius 1 is 1.41 bits per heavy atom. The van der Waals surface area contributed by atoms with Crippen molar-refractivity contribution in [3.05, 3.63) is 0 Å². The lowest BCUT2D eigenvalue weighted by molar-refractivity contribution is -0.140. The fourth-order valence-corrected chi connectivity index (χ4v) is 1.15. The minimum atomic E-state index is -1.27. The SMILES string of the molecule is CCOCCN(CC)C(=O)NC(CO)C(=O)O. The number of carbonyl (C=O) groups is 2. The Morgan fingerprint density at radius 3 is 2.47 bits per heavy atom. The van der Waals surface area contributed by atoms with Gasteiger partial charge in [-0.25, -0.2) is 9.59 Å². The van der Waals surface area contributed by atoms with Crippen LogP contribution in [-0.4, -0.2) is 66.1 Å². The van der Waals surface area contributed by atoms with Gasteiger partial charge >= 0.3 is 12.0 Å². The highest BCUT2D eigenvalue weighted by Gasteiger charge is 2.21. The number of aliphatic carboxylic acids is 1. The van der Waals surface area contributed by atoms with Crippen LogP contribution in [0.4, 0.5) is 4.79 Å². The van der Waals surface area contributed by atoms with E-state index in [-0.39, 0.29) is 0 Å². The molecule has 100 valence electrons. The van der Waals surface area contributed by atoms with Crippen molar-refractivity contribution in [2.45, 2.75) is 19.9 Å². The summed E-state index contributed by atoms with van der Waals surface area (Å²) in [7, 11) is 0. The monoisotopic (exact) mass is 248 g/mol. The number of rotatable bonds is 8. The molecule has 17 heavy (non-hydrogen) atoms. The van der Waals surface area contributed by atoms with Crippen LogP contribution in [0, 0.1) is 0 Å². The molecule has 1 atom stereocenters. The van der Waals surface area contributed by atoms with Crippen LogP contribution in [0.3, 0.4) is 0 Å². The van der Waals surface area contributed by atoms with Gasteiger partial charge in [0.05, 0.1) is 13.2 Å². The molecule has 7 nitrogen and oxygen atoms in total. The number of aliphatic hydroxyl groups excluding tert-OH is 1. The zero-order valence-corrected chi connectivity index (χ0v) is 10.2. The molecule has 0 bridgehead atoms. The first-order valence-electron chi connectivity index (χ1n) is 5.53. The van der Waals surface area contributed by atoms with Crippen molar-refractivity contribution < 1.29 is 24.5 Å². The summed E-state index contributed by atoms with van der Waals surface area (Å²) < 4.78 is 5.11. The first kappa shape index (κ1) is 15.7. The van der Waals surface area contributed by atoms with Crippen molar-refractivity contribution in [2.24, 2.45) is 0 Å². The van der Waals surface area contributed by atoms with E-state index >= 15 is 0 Å². The number of likely N-dealkylation sites (N-methyl/N-ethyl adjacent to an activating group) is 1. The number of nitrogens with one attached hydrogen (secondary N) is 1. The zero-order valence-electron chi connectivity index (χ0n) is 10.2. The van der Waals surface area contributed by atoms with E-state index in [4.69, 9.17) is 14.9 Å². The van der Waals surface area contributed by atoms with Crippen LogP contribution in [0.15, 0.2) is 0 Å². The number of hydrogen-bond acceptors (Lipinski definition) is 4. The third-order valence-electron chi connectivity index (χ3n) is 2.16. The van der Waals surface area contributed by atoms with Crippen LogP contribution in [0.25, 0.3) is 0 Å². The van der Waals surface area contributed by atoms with Crippen molar-refractivity contribution >= 4 is 12.0 Å². The normalized spacial score (nSPS) is 11.9. The van der Waals surface area contributed by atoms with Gasteiger partial charge in [0.2, 0.25) is 0 Å². The smallest absolute Gasteiger partial charge is 0.328 e. The minimum absolute atomic E-state index is 0.383. The molecule has 0 aliphatic carbocycles. The van der Waals surface area contributed by atoms with E-state index in [1.807, 2.05) is 6.92 Å². The number of hydrogen-bond donors (Lipinski definition) is 3. The van der Waals surface area contributed by atoms with E-state index < -0.39 is 24.6 Å². The van der Waals surface area contributed by atoms with E-state index in [2.05, 4.69) is 5.32 Å². The quantitative estimate of drug-likeness (QED) is 0.503. The minimum Gasteiger partial charge on any atom is -0.480 e. The van der Waals surface area contributed by atoms with Gasteiger partial charge in [-0.05, 0) is 13.8 Å². The maximum atomic E-state index is 11.6. The van der Waals surface area contributed by atoms with Crippen molar-refractivity contribution in [1.29, 1.82) is 0 Å². The predicted octanol–water partition coefficient (Wildman–Crippen LogP) is -0.500. The predicted molar refractivity (Wildman–Crippen MR) is 60.8 cm³/mol. The van der Waals surface area contributed by atoms with Gasteiger partial charge < -0.3 is 25.2 Å². The lowest BCUT2D eigenvalue weighted by atomic mass is 10.3. The molecule has 7 heteroatoms. The topological polar surface area (TPSA) is 99.1 Å². The highest BCUT2D eigenvalue weighted by atomic mass is 16.5. The van der Waals surface area contributed by atoms with Gasteiger partial charge in [0, 0.05) is 19.7 Å². The number of carboxylic acid groups (broad SMARTS) is 1. The molecule has 0 radical (unpaired) electrons. The van der Waals surface area contributed by atoms with E-state index in [0.29, 0.717) is 26.3 Å². The molecule has 0 spiro atoms. The Balaban J connectivity index is 4.18. The highest BCUT2D eigenvalue weighted by Crippen LogP contribution is 1.92. The molecular weight excluding hydrogens is 228 g/mol. The second kappa shape index (κ2) is 8.77. The lowest BCUT2D eigenvalue weighted by Crippen LogP contribution is -2.50. The first-order chi connectivity index (χ1) is 8.06. The van der Waals surface area contributed by atoms with Crippen molar-refractivity contribution in [3.63, 3.8) is 0 Å². The summed E-state index contributed by atoms with van der Waals surface area (Å²) in [5.41, 5.74) is 0. The summed E-state index contributed by atoms with van der Waals surface area (Å²) in [5, 5.41) is 19.7. The maximum absolute atomic E-state index is 11.6. The molecule has 2 amide bonds. The Labute approximate surface area is 100 Å². The van der Waals surface area contributed by atoms with Crippen LogP contribution in [0.2, 0.25) is 0 Å². The molecule has 0 aliphatic rings. The van der Waals surface area contributed by atoms with Gasteiger partial charge in [0.1, 0.15) is 0 Å². The number of urea groups is 1. The van der Waals surface area contributed by atoms with Crippen molar-refractivity contribution in [2.75, 3.05) is 32.9 Å². The molecule has 0 aromatic rings. The van der Waals surface area contributed by atoms with Gasteiger partial charge in [-0.1, -0.05) is 0 Å². The van der Waals surface area contributed by atoms with Crippen LogP contribution >= 0.6 is 0 Å². The van der Waals surface area contributed by atoms with Crippen molar-refractivity contribution in [3.8, 4) is 0 Å². The van der Waals surface area contributed by atoms with Crippen LogP contribution in [0.1, 0.15) is 13.8 Å². The summed E-state index contributed by atoms with van der Waals surface area (Å²) in [5.74, 6) is -1.26. The average molecular weight is 248 g/mol. The molecule has 3 N–H and O–H groups in total. The third-order valence-corrected chi connectivity index (χ3v) is 2.16. The Bertz CT molecular complexity index is 247. The maximum Gasteiger partial charge on any atom is 0.328 e. The lowest BCUT2D eigenvalue weighted by Gasteiger charge is -2.23. The van der Waals surface area contributed by atoms with Gasteiger partial charge in [0.25, 0.3) is 0 Å². The number of carboxylic acids is 1. The van der Waals surface area contributed by atoms with E-state index in [1.165, 1.54) is 4.90 Å². The van der Waals surface area contributed by atoms with Crippen molar-refractivity contribution in [1.82, 2.24) is 10.2 Å². The summed E-state index contributed by atoms with van der Waals surface area (Å²) in [6.07, 6.45) is 0. The van der Waals surface area contributed by atoms with E-state index in [1.54, 1.807) is 6.92 Å². The molecule has 0 saturated carbocycles. The average Bonchev–Trinajstić information content (AvgIpc) is 2.31. The summed E-state index contributed by atoms with van der Waals surface area (Å²) in [4.78, 5) is 23.7. The Hall–Kier alpha value is -1.34. The third kappa shape index (κ3) is 6.08. The number of carbonyl (C=O) groups excluding carboxylic acids is 1. The number of ether oxygens (including phenoxy) is 1. The largest absolute Gasteiger partial charge is 0.480 e. The summed E-state index contributed by atoms with van der Waals surface area (Å²) in [6.45, 7) is 4.78. The second-order valence-corrected chi connectivity index (χ2v) is 3.30. The van der Waals surface area contributed by atoms with Crippen LogP contribution in [0.5, 0.6) is 0 Å². The van der Waals surface area contributed by atoms with Crippen LogP contribution in [-0.2, 0) is 9.53 Å². The van der Waals surface area contributed by atoms with Gasteiger partial charge in [-0.2, -0.15) is 0 Å². The molecule has 0 fully saturated rings. The fraction of sp³-hybridized carbons (Fsp3) is 0.800. The number of nitrogens with zero attached hydrogens (tertiary/aromatic N) is 1. The fourth-order valence-electron chi connectivity index (χ4n) is 1.15. The standard InChI is InChI=1S/C10H20N2O5/c1-3-12(5-6-17-4-2)10(16)11-8(7-13)9(14)15/h8,13H,3-7H2,1-2H3,(H,11,16)(H,14,15). The van der Waals surface area contributed by atoms with E-state index in [0.717, 1.165) is 0 Å². The highest BCUT2D eigenvalue weighted by molar-refractivity contribution is 5.82. The van der Waals surface area contributed by atoms with Crippen LogP contribution < -0.4 is 5.32 Å². The number of amides is 2. The first-order valence-corrected chi connectivity index (χ1v) is 5.53. The molecule has 0 heterocycles. The Morgan fingerprint density at radius 2 is 2.06 bits per heavy atom. The molecule has 0 aromatic carbocycles. The molecular formula is C10H20N2O5. The second-order valence-electron chi connectivity index (χ2n) is 3.30. The number of aliphatic hydroxyl groups is 1. The molecule has 0 aliphatic heterocycles. The molecule has 0 saturated heterocycles. The van der Waals surface area contributed by atoms with Gasteiger partial charge in [-0.15, -0.1) is 0 Å². The summed E-state index contributed by atoms with van der Waals surface area (Å²) >= 11 is 0. The molecule has 1 unspecified atom stereocenters. The Kier molecular flexibility index (Phi) is 8.08. The molecule has 0 rings (SSSR count). The zero-order chi connectivity index (χ0) is 13.3.